The summed E-state index contributed by atoms with van der Waals surface area (Å²) in [6.45, 7) is 3.57. The number of anilines is 2. The van der Waals surface area contributed by atoms with E-state index in [1.807, 2.05) is 13.0 Å². The van der Waals surface area contributed by atoms with Gasteiger partial charge in [0.1, 0.15) is 10.6 Å². The number of unbranched alkanes of at least 4 members (excludes halogenated alkanes) is 1. The molecule has 0 fully saturated rings. The highest BCUT2D eigenvalue weighted by Crippen LogP contribution is 2.30. The Morgan fingerprint density at radius 3 is 2.59 bits per heavy atom. The van der Waals surface area contributed by atoms with Gasteiger partial charge in [0.05, 0.1) is 11.4 Å². The second-order valence-corrected chi connectivity index (χ2v) is 8.54. The fourth-order valence-electron chi connectivity index (χ4n) is 3.02. The molecule has 0 radical (unpaired) electrons. The number of amides is 2. The Balaban J connectivity index is 1.87. The predicted octanol–water partition coefficient (Wildman–Crippen LogP) is 3.94. The highest BCUT2D eigenvalue weighted by Gasteiger charge is 2.34. The van der Waals surface area contributed by atoms with Gasteiger partial charge in [-0.25, -0.2) is 0 Å². The minimum absolute atomic E-state index is 0.209. The van der Waals surface area contributed by atoms with E-state index in [-0.39, 0.29) is 11.6 Å². The van der Waals surface area contributed by atoms with Crippen LogP contribution in [0.4, 0.5) is 17.1 Å². The molecule has 1 aliphatic rings. The molecule has 2 amide bonds. The average molecular weight is 458 g/mol. The molecule has 0 unspecified atom stereocenters. The SMILES string of the molecule is CCCCC(=O)Nc1ccc(S(=O)(=O)O)c(N=N[C@@H]2C(=O)N(c3ccccc3)N=C2C)c1. The van der Waals surface area contributed by atoms with E-state index in [1.165, 1.54) is 17.1 Å². The van der Waals surface area contributed by atoms with Crippen molar-refractivity contribution in [3.63, 3.8) is 0 Å². The lowest BCUT2D eigenvalue weighted by molar-refractivity contribution is -0.118. The normalized spacial score (nSPS) is 16.5. The second-order valence-electron chi connectivity index (χ2n) is 7.15. The van der Waals surface area contributed by atoms with Crippen LogP contribution in [0.1, 0.15) is 33.1 Å². The van der Waals surface area contributed by atoms with Gasteiger partial charge < -0.3 is 5.32 Å². The first-order chi connectivity index (χ1) is 15.2. The number of hydrogen-bond acceptors (Lipinski definition) is 7. The van der Waals surface area contributed by atoms with Gasteiger partial charge in [-0.1, -0.05) is 31.5 Å². The van der Waals surface area contributed by atoms with Crippen LogP contribution >= 0.6 is 0 Å². The maximum Gasteiger partial charge on any atom is 0.296 e. The van der Waals surface area contributed by atoms with E-state index in [1.54, 1.807) is 31.2 Å². The van der Waals surface area contributed by atoms with E-state index in [0.717, 1.165) is 12.5 Å². The topological polar surface area (TPSA) is 141 Å². The van der Waals surface area contributed by atoms with Crippen LogP contribution in [0.15, 0.2) is 68.8 Å². The molecule has 0 saturated carbocycles. The van der Waals surface area contributed by atoms with Gasteiger partial charge in [-0.15, -0.1) is 0 Å². The number of nitrogens with one attached hydrogen (secondary N) is 1. The molecule has 10 nitrogen and oxygen atoms in total. The Hall–Kier alpha value is -3.44. The molecule has 2 N–H and O–H groups in total. The fraction of sp³-hybridized carbons (Fsp3) is 0.286. The molecule has 1 atom stereocenters. The maximum atomic E-state index is 12.8. The second kappa shape index (κ2) is 9.79. The van der Waals surface area contributed by atoms with E-state index in [9.17, 15) is 22.6 Å². The minimum Gasteiger partial charge on any atom is -0.326 e. The van der Waals surface area contributed by atoms with E-state index in [0.29, 0.717) is 29.9 Å². The van der Waals surface area contributed by atoms with Crippen LogP contribution in [-0.2, 0) is 19.7 Å². The first kappa shape index (κ1) is 23.2. The summed E-state index contributed by atoms with van der Waals surface area (Å²) in [5.41, 5.74) is 1.02. The van der Waals surface area contributed by atoms with E-state index in [2.05, 4.69) is 20.6 Å². The summed E-state index contributed by atoms with van der Waals surface area (Å²) >= 11 is 0. The summed E-state index contributed by atoms with van der Waals surface area (Å²) in [6, 6.07) is 11.5. The summed E-state index contributed by atoms with van der Waals surface area (Å²) < 4.78 is 33.0. The third-order valence-corrected chi connectivity index (χ3v) is 5.56. The molecular weight excluding hydrogens is 434 g/mol. The summed E-state index contributed by atoms with van der Waals surface area (Å²) in [4.78, 5) is 24.3. The molecule has 11 heteroatoms. The maximum absolute atomic E-state index is 12.8. The molecule has 0 saturated heterocycles. The van der Waals surface area contributed by atoms with Crippen molar-refractivity contribution < 1.29 is 22.6 Å². The molecule has 0 spiro atoms. The van der Waals surface area contributed by atoms with Crippen molar-refractivity contribution in [3.05, 3.63) is 48.5 Å². The lowest BCUT2D eigenvalue weighted by Crippen LogP contribution is -2.29. The number of hydrazone groups is 1. The van der Waals surface area contributed by atoms with Gasteiger partial charge in [-0.3, -0.25) is 14.1 Å². The van der Waals surface area contributed by atoms with Crippen molar-refractivity contribution in [3.8, 4) is 0 Å². The largest absolute Gasteiger partial charge is 0.326 e. The lowest BCUT2D eigenvalue weighted by Gasteiger charge is -2.12. The molecule has 168 valence electrons. The molecule has 3 rings (SSSR count). The van der Waals surface area contributed by atoms with Crippen LogP contribution in [0, 0.1) is 0 Å². The Bertz CT molecular complexity index is 1180. The zero-order chi connectivity index (χ0) is 23.3. The first-order valence-corrected chi connectivity index (χ1v) is 11.4. The van der Waals surface area contributed by atoms with Gasteiger partial charge in [0.25, 0.3) is 16.0 Å². The van der Waals surface area contributed by atoms with E-state index < -0.39 is 27.0 Å². The van der Waals surface area contributed by atoms with Crippen LogP contribution in [-0.4, -0.2) is 36.5 Å². The summed E-state index contributed by atoms with van der Waals surface area (Å²) in [5, 5.41) is 16.0. The number of azo groups is 1. The van der Waals surface area contributed by atoms with Gasteiger partial charge in [0.2, 0.25) is 5.91 Å². The van der Waals surface area contributed by atoms with Gasteiger partial charge in [-0.05, 0) is 43.7 Å². The Labute approximate surface area is 185 Å². The molecule has 0 aromatic heterocycles. The molecule has 2 aromatic rings. The molecular formula is C21H23N5O5S. The number of hydrogen-bond donors (Lipinski definition) is 2. The number of para-hydroxylation sites is 1. The molecule has 0 aliphatic carbocycles. The molecule has 32 heavy (non-hydrogen) atoms. The molecule has 1 heterocycles. The number of benzene rings is 2. The highest BCUT2D eigenvalue weighted by atomic mass is 32.2. The third kappa shape index (κ3) is 5.42. The van der Waals surface area contributed by atoms with E-state index >= 15 is 0 Å². The van der Waals surface area contributed by atoms with Crippen LogP contribution in [0.5, 0.6) is 0 Å². The molecule has 1 aliphatic heterocycles. The number of rotatable bonds is 8. The van der Waals surface area contributed by atoms with Crippen LogP contribution in [0.3, 0.4) is 0 Å². The fourth-order valence-corrected chi connectivity index (χ4v) is 3.62. The van der Waals surface area contributed by atoms with Crippen molar-refractivity contribution in [2.75, 3.05) is 10.3 Å². The van der Waals surface area contributed by atoms with Crippen LogP contribution < -0.4 is 10.3 Å². The van der Waals surface area contributed by atoms with Gasteiger partial charge in [0.15, 0.2) is 6.04 Å². The quantitative estimate of drug-likeness (QED) is 0.456. The number of carbonyl (C=O) groups is 2. The minimum atomic E-state index is -4.61. The number of carbonyl (C=O) groups excluding carboxylic acids is 2. The Morgan fingerprint density at radius 2 is 1.94 bits per heavy atom. The Kier molecular flexibility index (Phi) is 7.11. The monoisotopic (exact) mass is 457 g/mol. The molecule has 0 bridgehead atoms. The zero-order valence-corrected chi connectivity index (χ0v) is 18.4. The van der Waals surface area contributed by atoms with Gasteiger partial charge in [-0.2, -0.15) is 28.8 Å². The van der Waals surface area contributed by atoms with Crippen molar-refractivity contribution in [1.82, 2.24) is 0 Å². The number of nitrogens with zero attached hydrogens (tertiary/aromatic N) is 4. The van der Waals surface area contributed by atoms with Crippen molar-refractivity contribution in [2.24, 2.45) is 15.3 Å². The van der Waals surface area contributed by atoms with Crippen molar-refractivity contribution >= 4 is 44.7 Å². The smallest absolute Gasteiger partial charge is 0.296 e. The van der Waals surface area contributed by atoms with Crippen LogP contribution in [0.2, 0.25) is 0 Å². The summed E-state index contributed by atoms with van der Waals surface area (Å²) in [7, 11) is -4.61. The van der Waals surface area contributed by atoms with Crippen molar-refractivity contribution in [1.29, 1.82) is 0 Å². The summed E-state index contributed by atoms with van der Waals surface area (Å²) in [6.07, 6.45) is 1.88. The lowest BCUT2D eigenvalue weighted by atomic mass is 10.2. The Morgan fingerprint density at radius 1 is 1.22 bits per heavy atom. The zero-order valence-electron chi connectivity index (χ0n) is 17.6. The van der Waals surface area contributed by atoms with Gasteiger partial charge in [0, 0.05) is 12.1 Å². The summed E-state index contributed by atoms with van der Waals surface area (Å²) in [5.74, 6) is -0.684. The molecule has 2 aromatic carbocycles. The highest BCUT2D eigenvalue weighted by molar-refractivity contribution is 7.86. The predicted molar refractivity (Wildman–Crippen MR) is 120 cm³/mol. The van der Waals surface area contributed by atoms with Crippen molar-refractivity contribution in [2.45, 2.75) is 44.0 Å². The first-order valence-electron chi connectivity index (χ1n) is 9.97. The standard InChI is InChI=1S/C21H23N5O5S/c1-3-4-10-19(27)22-15-11-12-18(32(29,30)31)17(13-15)23-24-20-14(2)25-26(21(20)28)16-8-6-5-7-9-16/h5-9,11-13,20H,3-4,10H2,1-2H3,(H,22,27)(H,29,30,31)/t20-/m0/s1. The third-order valence-electron chi connectivity index (χ3n) is 4.66. The average Bonchev–Trinajstić information content (AvgIpc) is 3.04. The van der Waals surface area contributed by atoms with E-state index in [4.69, 9.17) is 0 Å². The van der Waals surface area contributed by atoms with Gasteiger partial charge >= 0.3 is 0 Å². The van der Waals surface area contributed by atoms with Crippen LogP contribution in [0.25, 0.3) is 0 Å².